The molecule has 0 aromatic heterocycles. The van der Waals surface area contributed by atoms with Gasteiger partial charge in [-0.05, 0) is 0 Å². The smallest absolute Gasteiger partial charge is 0.102 e. The van der Waals surface area contributed by atoms with E-state index in [1.165, 1.54) is 0 Å². The Morgan fingerprint density at radius 1 is 0.625 bits per heavy atom. The fraction of sp³-hybridized carbons (Fsp3) is 1.00. The molecule has 0 amide bonds. The maximum Gasteiger partial charge on any atom is 0.102 e. The van der Waals surface area contributed by atoms with Crippen molar-refractivity contribution < 1.29 is 23.7 Å². The Labute approximate surface area is 105 Å². The average molecular weight is 301 g/mol. The van der Waals surface area contributed by atoms with Gasteiger partial charge in [-0.3, -0.25) is 0 Å². The summed E-state index contributed by atoms with van der Waals surface area (Å²) in [5.41, 5.74) is 0.547. The van der Waals surface area contributed by atoms with Crippen molar-refractivity contribution in [1.82, 2.24) is 0 Å². The van der Waals surface area contributed by atoms with E-state index >= 15 is 0 Å². The van der Waals surface area contributed by atoms with Crippen LogP contribution in [0, 0.1) is 0 Å². The second kappa shape index (κ2) is 15.3. The number of rotatable bonds is 13. The Morgan fingerprint density at radius 3 is 1.38 bits per heavy atom. The molecule has 16 heavy (non-hydrogen) atoms. The quantitative estimate of drug-likeness (QED) is 0.376. The summed E-state index contributed by atoms with van der Waals surface area (Å²) in [5, 5.41) is 0. The van der Waals surface area contributed by atoms with Gasteiger partial charge >= 0.3 is 0 Å². The first-order valence-electron chi connectivity index (χ1n) is 5.27. The molecule has 0 aliphatic carbocycles. The van der Waals surface area contributed by atoms with Crippen LogP contribution in [0.3, 0.4) is 0 Å². The molecular weight excluding hydrogens is 280 g/mol. The molecule has 0 unspecified atom stereocenters. The van der Waals surface area contributed by atoms with Crippen LogP contribution in [0.1, 0.15) is 0 Å². The van der Waals surface area contributed by atoms with Gasteiger partial charge in [-0.2, -0.15) is 0 Å². The molecule has 0 saturated carbocycles. The lowest BCUT2D eigenvalue weighted by molar-refractivity contribution is -0.00442. The van der Waals surface area contributed by atoms with Gasteiger partial charge < -0.3 is 23.7 Å². The first-order chi connectivity index (χ1) is 7.91. The van der Waals surface area contributed by atoms with Gasteiger partial charge in [0, 0.05) is 7.11 Å². The van der Waals surface area contributed by atoms with Gasteiger partial charge in [0.05, 0.1) is 52.9 Å². The van der Waals surface area contributed by atoms with Gasteiger partial charge in [0.25, 0.3) is 0 Å². The van der Waals surface area contributed by atoms with Crippen LogP contribution in [-0.4, -0.2) is 65.5 Å². The fourth-order valence-electron chi connectivity index (χ4n) is 0.857. The van der Waals surface area contributed by atoms with Crippen LogP contribution in [0.25, 0.3) is 0 Å². The molecule has 0 bridgehead atoms. The first-order valence-corrected chi connectivity index (χ1v) is 6.40. The van der Waals surface area contributed by atoms with Crippen molar-refractivity contribution in [3.63, 3.8) is 0 Å². The molecule has 0 spiro atoms. The molecule has 0 fully saturated rings. The van der Waals surface area contributed by atoms with Crippen LogP contribution in [-0.2, 0) is 23.7 Å². The van der Waals surface area contributed by atoms with E-state index in [9.17, 15) is 0 Å². The van der Waals surface area contributed by atoms with Crippen LogP contribution in [0.15, 0.2) is 0 Å². The second-order valence-electron chi connectivity index (χ2n) is 2.85. The molecule has 0 aliphatic rings. The lowest BCUT2D eigenvalue weighted by atomic mass is 10.7. The molecule has 0 N–H and O–H groups in total. The molecule has 0 rings (SSSR count). The predicted octanol–water partition coefficient (Wildman–Crippen LogP) is 1.05. The largest absolute Gasteiger partial charge is 0.382 e. The van der Waals surface area contributed by atoms with Crippen molar-refractivity contribution in [3.05, 3.63) is 0 Å². The van der Waals surface area contributed by atoms with Crippen molar-refractivity contribution in [3.8, 4) is 0 Å². The number of methoxy groups -OCH3 is 1. The maximum absolute atomic E-state index is 5.28. The summed E-state index contributed by atoms with van der Waals surface area (Å²) in [5.74, 6) is 0. The Balaban J connectivity index is 2.83. The Kier molecular flexibility index (Phi) is 15.5. The van der Waals surface area contributed by atoms with Crippen molar-refractivity contribution >= 4 is 15.9 Å². The second-order valence-corrected chi connectivity index (χ2v) is 3.31. The topological polar surface area (TPSA) is 46.2 Å². The monoisotopic (exact) mass is 300 g/mol. The molecule has 0 saturated heterocycles. The van der Waals surface area contributed by atoms with Crippen molar-refractivity contribution in [1.29, 1.82) is 0 Å². The highest BCUT2D eigenvalue weighted by atomic mass is 79.9. The highest BCUT2D eigenvalue weighted by Gasteiger charge is 1.91. The van der Waals surface area contributed by atoms with Gasteiger partial charge in [-0.1, -0.05) is 15.9 Å². The summed E-state index contributed by atoms with van der Waals surface area (Å²) >= 11 is 3.15. The van der Waals surface area contributed by atoms with E-state index < -0.39 is 0 Å². The molecular formula is C10H21BrO5. The number of hydrogen-bond acceptors (Lipinski definition) is 5. The van der Waals surface area contributed by atoms with Gasteiger partial charge in [-0.15, -0.1) is 0 Å². The normalized spacial score (nSPS) is 10.9. The minimum atomic E-state index is 0.547. The van der Waals surface area contributed by atoms with Crippen LogP contribution >= 0.6 is 15.9 Å². The summed E-state index contributed by atoms with van der Waals surface area (Å²) < 4.78 is 25.6. The third-order valence-corrected chi connectivity index (χ3v) is 1.95. The summed E-state index contributed by atoms with van der Waals surface area (Å²) in [6.45, 7) is 4.79. The molecule has 5 nitrogen and oxygen atoms in total. The van der Waals surface area contributed by atoms with Crippen molar-refractivity contribution in [2.75, 3.05) is 65.5 Å². The molecule has 6 heteroatoms. The summed E-state index contributed by atoms with van der Waals surface area (Å²) in [6, 6.07) is 0. The zero-order valence-electron chi connectivity index (χ0n) is 9.78. The van der Waals surface area contributed by atoms with E-state index in [0.717, 1.165) is 0 Å². The van der Waals surface area contributed by atoms with Gasteiger partial charge in [0.1, 0.15) is 5.52 Å². The van der Waals surface area contributed by atoms with E-state index in [2.05, 4.69) is 15.9 Å². The molecule has 0 radical (unpaired) electrons. The van der Waals surface area contributed by atoms with Crippen LogP contribution < -0.4 is 0 Å². The van der Waals surface area contributed by atoms with E-state index in [1.54, 1.807) is 7.11 Å². The third-order valence-electron chi connectivity index (χ3n) is 1.62. The predicted molar refractivity (Wildman–Crippen MR) is 64.1 cm³/mol. The Bertz CT molecular complexity index is 112. The average Bonchev–Trinajstić information content (AvgIpc) is 2.31. The Morgan fingerprint density at radius 2 is 1.00 bits per heavy atom. The highest BCUT2D eigenvalue weighted by molar-refractivity contribution is 9.09. The molecule has 0 aromatic carbocycles. The van der Waals surface area contributed by atoms with Crippen molar-refractivity contribution in [2.24, 2.45) is 0 Å². The number of halogens is 1. The zero-order chi connectivity index (χ0) is 11.9. The third kappa shape index (κ3) is 14.3. The van der Waals surface area contributed by atoms with Crippen LogP contribution in [0.4, 0.5) is 0 Å². The number of ether oxygens (including phenoxy) is 5. The Hall–Kier alpha value is 0.280. The SMILES string of the molecule is COCCOCCOCCOCCOCBr. The number of hydrogen-bond donors (Lipinski definition) is 0. The van der Waals surface area contributed by atoms with E-state index in [-0.39, 0.29) is 0 Å². The first kappa shape index (κ1) is 16.3. The van der Waals surface area contributed by atoms with Gasteiger partial charge in [0.2, 0.25) is 0 Å². The molecule has 0 atom stereocenters. The number of alkyl halides is 1. The van der Waals surface area contributed by atoms with E-state index in [4.69, 9.17) is 23.7 Å². The summed E-state index contributed by atoms with van der Waals surface area (Å²) in [4.78, 5) is 0. The highest BCUT2D eigenvalue weighted by Crippen LogP contribution is 1.84. The lowest BCUT2D eigenvalue weighted by Crippen LogP contribution is -2.12. The molecule has 0 aromatic rings. The van der Waals surface area contributed by atoms with Gasteiger partial charge in [-0.25, -0.2) is 0 Å². The van der Waals surface area contributed by atoms with Crippen molar-refractivity contribution in [2.45, 2.75) is 0 Å². The minimum Gasteiger partial charge on any atom is -0.382 e. The molecule has 98 valence electrons. The maximum atomic E-state index is 5.28. The standard InChI is InChI=1S/C10H21BrO5/c1-12-2-3-13-4-5-14-6-7-15-8-9-16-10-11/h2-10H2,1H3. The zero-order valence-corrected chi connectivity index (χ0v) is 11.4. The fourth-order valence-corrected chi connectivity index (χ4v) is 1.09. The molecule has 0 heterocycles. The summed E-state index contributed by atoms with van der Waals surface area (Å²) in [6.07, 6.45) is 0. The summed E-state index contributed by atoms with van der Waals surface area (Å²) in [7, 11) is 1.65. The van der Waals surface area contributed by atoms with Gasteiger partial charge in [0.15, 0.2) is 0 Å². The van der Waals surface area contributed by atoms with Crippen LogP contribution in [0.2, 0.25) is 0 Å². The van der Waals surface area contributed by atoms with E-state index in [1.807, 2.05) is 0 Å². The van der Waals surface area contributed by atoms with E-state index in [0.29, 0.717) is 58.4 Å². The minimum absolute atomic E-state index is 0.547. The van der Waals surface area contributed by atoms with Crippen LogP contribution in [0.5, 0.6) is 0 Å². The lowest BCUT2D eigenvalue weighted by Gasteiger charge is -2.06. The molecule has 0 aliphatic heterocycles.